The lowest BCUT2D eigenvalue weighted by Crippen LogP contribution is -2.71. The summed E-state index contributed by atoms with van der Waals surface area (Å²) < 4.78 is 8.18. The first-order valence-corrected chi connectivity index (χ1v) is 10.9. The maximum atomic E-state index is 13.2. The van der Waals surface area contributed by atoms with Crippen molar-refractivity contribution in [1.82, 2.24) is 9.80 Å². The summed E-state index contributed by atoms with van der Waals surface area (Å²) in [4.78, 5) is 80.3. The molecule has 1 aromatic rings. The number of nitrogens with zero attached hydrogens (tertiary/aromatic N) is 3. The van der Waals surface area contributed by atoms with Gasteiger partial charge in [0.05, 0.1) is 15.9 Å². The molecule has 0 aliphatic carbocycles. The molecule has 180 valence electrons. The summed E-state index contributed by atoms with van der Waals surface area (Å²) in [6.07, 6.45) is 0. The number of β-lactam (4-membered cyclic amide) rings is 1. The maximum absolute atomic E-state index is 13.2. The van der Waals surface area contributed by atoms with E-state index in [0.29, 0.717) is 5.56 Å². The van der Waals surface area contributed by atoms with E-state index < -0.39 is 70.4 Å². The van der Waals surface area contributed by atoms with E-state index in [4.69, 9.17) is 4.74 Å². The molecule has 0 N–H and O–H groups in total. The van der Waals surface area contributed by atoms with E-state index in [2.05, 4.69) is 9.57 Å². The van der Waals surface area contributed by atoms with Crippen LogP contribution in [0.15, 0.2) is 18.2 Å². The molecule has 1 aromatic carbocycles. The monoisotopic (exact) mass is 493 g/mol. The number of rotatable bonds is 7. The summed E-state index contributed by atoms with van der Waals surface area (Å²) in [7, 11) is 0. The van der Waals surface area contributed by atoms with Gasteiger partial charge in [-0.3, -0.25) is 24.1 Å². The number of benzene rings is 1. The normalized spacial score (nSPS) is 27.1. The van der Waals surface area contributed by atoms with Crippen LogP contribution < -0.4 is 0 Å². The van der Waals surface area contributed by atoms with Crippen LogP contribution in [0.4, 0.5) is 0 Å². The zero-order valence-corrected chi connectivity index (χ0v) is 19.0. The molecular formula is C20H19N3O10S. The molecule has 0 bridgehead atoms. The Morgan fingerprint density at radius 2 is 1.91 bits per heavy atom. The molecule has 2 fully saturated rings. The molecule has 3 aliphatic rings. The number of thioether (sulfide) groups is 1. The van der Waals surface area contributed by atoms with E-state index in [1.54, 1.807) is 19.1 Å². The van der Waals surface area contributed by atoms with Crippen molar-refractivity contribution in [1.29, 1.82) is 0 Å². The standard InChI is InChI=1S/C20H19N3O10S/c1-9-5-4-6-11-12(9)16(26)21(15(11)25)13-17(27)22-14(19(28)32-8-31-10(2)24)20(3,34-18(13)22)7-33-23(29)30/h4-6,13-14,18H,7-8H2,1-3H3/t13?,14?,18-,20-/m0/s1. The highest BCUT2D eigenvalue weighted by molar-refractivity contribution is 8.01. The van der Waals surface area contributed by atoms with E-state index in [9.17, 15) is 34.1 Å². The molecule has 14 heteroatoms. The molecule has 3 heterocycles. The van der Waals surface area contributed by atoms with Gasteiger partial charge >= 0.3 is 11.9 Å². The van der Waals surface area contributed by atoms with Crippen molar-refractivity contribution < 1.29 is 43.4 Å². The Bertz CT molecular complexity index is 1140. The SMILES string of the molecule is CC(=O)OCOC(=O)C1N2C(=O)C(N3C(=O)c4cccc(C)c4C3=O)[C@@H]2S[C@@]1(C)CO[N+](=O)[O-]. The summed E-state index contributed by atoms with van der Waals surface area (Å²) in [5.74, 6) is -3.63. The van der Waals surface area contributed by atoms with Crippen LogP contribution in [0.25, 0.3) is 0 Å². The molecule has 13 nitrogen and oxygen atoms in total. The zero-order valence-electron chi connectivity index (χ0n) is 18.2. The average molecular weight is 493 g/mol. The van der Waals surface area contributed by atoms with Gasteiger partial charge in [0.15, 0.2) is 0 Å². The van der Waals surface area contributed by atoms with E-state index >= 15 is 0 Å². The second-order valence-corrected chi connectivity index (χ2v) is 9.76. The highest BCUT2D eigenvalue weighted by Gasteiger charge is 2.69. The number of ether oxygens (including phenoxy) is 2. The van der Waals surface area contributed by atoms with Gasteiger partial charge in [0, 0.05) is 6.92 Å². The number of hydrogen-bond donors (Lipinski definition) is 0. The third kappa shape index (κ3) is 3.54. The lowest BCUT2D eigenvalue weighted by atomic mass is 9.94. The first-order chi connectivity index (χ1) is 16.0. The van der Waals surface area contributed by atoms with Crippen molar-refractivity contribution >= 4 is 41.4 Å². The lowest BCUT2D eigenvalue weighted by molar-refractivity contribution is -0.758. The van der Waals surface area contributed by atoms with E-state index in [0.717, 1.165) is 28.5 Å². The van der Waals surface area contributed by atoms with Crippen molar-refractivity contribution in [3.8, 4) is 0 Å². The van der Waals surface area contributed by atoms with Gasteiger partial charge in [-0.1, -0.05) is 12.1 Å². The summed E-state index contributed by atoms with van der Waals surface area (Å²) in [6, 6.07) is 2.24. The number of amides is 3. The molecule has 2 unspecified atom stereocenters. The fraction of sp³-hybridized carbons (Fsp3) is 0.450. The topological polar surface area (TPSA) is 163 Å². The molecular weight excluding hydrogens is 474 g/mol. The second-order valence-electron chi connectivity index (χ2n) is 8.11. The number of aryl methyl sites for hydroxylation is 1. The van der Waals surface area contributed by atoms with Crippen molar-refractivity contribution in [2.75, 3.05) is 13.4 Å². The summed E-state index contributed by atoms with van der Waals surface area (Å²) in [5, 5.41) is 8.91. The average Bonchev–Trinajstić information content (AvgIpc) is 3.17. The van der Waals surface area contributed by atoms with Gasteiger partial charge in [0.2, 0.25) is 6.79 Å². The Kier molecular flexibility index (Phi) is 5.71. The van der Waals surface area contributed by atoms with Crippen LogP contribution in [-0.2, 0) is 28.7 Å². The first-order valence-electron chi connectivity index (χ1n) is 10.0. The molecule has 4 rings (SSSR count). The van der Waals surface area contributed by atoms with Gasteiger partial charge in [0.1, 0.15) is 24.1 Å². The van der Waals surface area contributed by atoms with Crippen LogP contribution in [0, 0.1) is 17.0 Å². The summed E-state index contributed by atoms with van der Waals surface area (Å²) in [5.41, 5.74) is 0.965. The third-order valence-corrected chi connectivity index (χ3v) is 7.48. The van der Waals surface area contributed by atoms with E-state index in [1.165, 1.54) is 13.0 Å². The highest BCUT2D eigenvalue weighted by Crippen LogP contribution is 2.53. The van der Waals surface area contributed by atoms with Gasteiger partial charge < -0.3 is 19.2 Å². The fourth-order valence-corrected chi connectivity index (χ4v) is 6.09. The van der Waals surface area contributed by atoms with Gasteiger partial charge in [-0.25, -0.2) is 4.79 Å². The number of carbonyl (C=O) groups is 5. The molecule has 3 aliphatic heterocycles. The number of fused-ring (bicyclic) bond motifs is 2. The smallest absolute Gasteiger partial charge is 0.333 e. The van der Waals surface area contributed by atoms with E-state index in [1.807, 2.05) is 0 Å². The Morgan fingerprint density at radius 3 is 2.53 bits per heavy atom. The predicted octanol–water partition coefficient (Wildman–Crippen LogP) is 0.274. The van der Waals surface area contributed by atoms with Crippen LogP contribution in [0.2, 0.25) is 0 Å². The van der Waals surface area contributed by atoms with Crippen LogP contribution in [0.5, 0.6) is 0 Å². The number of carbonyl (C=O) groups excluding carboxylic acids is 5. The van der Waals surface area contributed by atoms with Crippen molar-refractivity contribution in [2.45, 2.75) is 43.0 Å². The Hall–Kier alpha value is -3.68. The highest BCUT2D eigenvalue weighted by atomic mass is 32.2. The number of imide groups is 1. The largest absolute Gasteiger partial charge is 0.428 e. The molecule has 0 spiro atoms. The molecule has 0 saturated carbocycles. The van der Waals surface area contributed by atoms with Crippen LogP contribution in [0.3, 0.4) is 0 Å². The fourth-order valence-electron chi connectivity index (χ4n) is 4.37. The minimum atomic E-state index is -1.36. The Morgan fingerprint density at radius 1 is 1.21 bits per heavy atom. The lowest BCUT2D eigenvalue weighted by Gasteiger charge is -2.46. The minimum Gasteiger partial charge on any atom is -0.428 e. The van der Waals surface area contributed by atoms with Crippen molar-refractivity contribution in [2.24, 2.45) is 0 Å². The number of hydrogen-bond acceptors (Lipinski definition) is 11. The van der Waals surface area contributed by atoms with Crippen LogP contribution in [-0.4, -0.2) is 80.2 Å². The minimum absolute atomic E-state index is 0.177. The first kappa shape index (κ1) is 23.5. The zero-order chi connectivity index (χ0) is 24.9. The second kappa shape index (κ2) is 8.27. The van der Waals surface area contributed by atoms with Crippen molar-refractivity contribution in [3.63, 3.8) is 0 Å². The van der Waals surface area contributed by atoms with Gasteiger partial charge in [0.25, 0.3) is 22.8 Å². The summed E-state index contributed by atoms with van der Waals surface area (Å²) in [6.45, 7) is 2.96. The van der Waals surface area contributed by atoms with Crippen LogP contribution in [0.1, 0.15) is 40.1 Å². The maximum Gasteiger partial charge on any atom is 0.333 e. The molecule has 3 amide bonds. The van der Waals surface area contributed by atoms with Crippen LogP contribution >= 0.6 is 11.8 Å². The number of esters is 2. The molecule has 0 radical (unpaired) electrons. The Labute approximate surface area is 196 Å². The molecule has 0 aromatic heterocycles. The van der Waals surface area contributed by atoms with Crippen molar-refractivity contribution in [3.05, 3.63) is 45.0 Å². The molecule has 2 saturated heterocycles. The van der Waals surface area contributed by atoms with Gasteiger partial charge in [-0.15, -0.1) is 21.9 Å². The molecule has 4 atom stereocenters. The third-order valence-electron chi connectivity index (χ3n) is 5.87. The van der Waals surface area contributed by atoms with Gasteiger partial charge in [-0.2, -0.15) is 0 Å². The predicted molar refractivity (Wildman–Crippen MR) is 112 cm³/mol. The van der Waals surface area contributed by atoms with E-state index in [-0.39, 0.29) is 11.1 Å². The Balaban J connectivity index is 1.62. The molecule has 34 heavy (non-hydrogen) atoms. The van der Waals surface area contributed by atoms with Gasteiger partial charge in [-0.05, 0) is 25.5 Å². The summed E-state index contributed by atoms with van der Waals surface area (Å²) >= 11 is 0.988. The quantitative estimate of drug-likeness (QED) is 0.128.